The van der Waals surface area contributed by atoms with Crippen molar-refractivity contribution in [1.82, 2.24) is 0 Å². The minimum atomic E-state index is -3.34. The SMILES string of the molecule is CC(Cl)C(=O)Nc1cc(S(C)(=O)=O)ccc1Cl. The van der Waals surface area contributed by atoms with Crippen molar-refractivity contribution in [3.8, 4) is 0 Å². The zero-order valence-electron chi connectivity index (χ0n) is 9.20. The van der Waals surface area contributed by atoms with Crippen LogP contribution in [0.25, 0.3) is 0 Å². The van der Waals surface area contributed by atoms with Gasteiger partial charge in [-0.3, -0.25) is 4.79 Å². The number of alkyl halides is 1. The summed E-state index contributed by atoms with van der Waals surface area (Å²) in [5.74, 6) is -0.445. The highest BCUT2D eigenvalue weighted by atomic mass is 35.5. The molecule has 4 nitrogen and oxygen atoms in total. The molecule has 1 rings (SSSR count). The first-order valence-electron chi connectivity index (χ1n) is 4.66. The Bertz CT molecular complexity index is 540. The molecule has 0 radical (unpaired) electrons. The first kappa shape index (κ1) is 14.3. The number of hydrogen-bond donors (Lipinski definition) is 1. The number of sulfone groups is 1. The molecule has 1 aromatic carbocycles. The predicted octanol–water partition coefficient (Wildman–Crippen LogP) is 2.31. The van der Waals surface area contributed by atoms with E-state index in [1.807, 2.05) is 0 Å². The maximum Gasteiger partial charge on any atom is 0.242 e. The molecule has 94 valence electrons. The third-order valence-electron chi connectivity index (χ3n) is 1.99. The fourth-order valence-electron chi connectivity index (χ4n) is 1.06. The maximum atomic E-state index is 11.4. The molecule has 1 atom stereocenters. The fraction of sp³-hybridized carbons (Fsp3) is 0.300. The number of carbonyl (C=O) groups excluding carboxylic acids is 1. The molecule has 0 aliphatic carbocycles. The van der Waals surface area contributed by atoms with Gasteiger partial charge >= 0.3 is 0 Å². The molecule has 1 aromatic rings. The van der Waals surface area contributed by atoms with Gasteiger partial charge in [0.15, 0.2) is 9.84 Å². The van der Waals surface area contributed by atoms with E-state index in [0.29, 0.717) is 0 Å². The Morgan fingerprint density at radius 1 is 1.41 bits per heavy atom. The average Bonchev–Trinajstić information content (AvgIpc) is 2.19. The Morgan fingerprint density at radius 2 is 2.00 bits per heavy atom. The van der Waals surface area contributed by atoms with Crippen LogP contribution in [0.5, 0.6) is 0 Å². The van der Waals surface area contributed by atoms with Crippen LogP contribution < -0.4 is 5.32 Å². The number of nitrogens with one attached hydrogen (secondary N) is 1. The van der Waals surface area contributed by atoms with Gasteiger partial charge in [-0.05, 0) is 25.1 Å². The Hall–Kier alpha value is -0.780. The van der Waals surface area contributed by atoms with E-state index in [1.54, 1.807) is 0 Å². The minimum Gasteiger partial charge on any atom is -0.323 e. The van der Waals surface area contributed by atoms with Crippen LogP contribution in [0.1, 0.15) is 6.92 Å². The van der Waals surface area contributed by atoms with Crippen LogP contribution in [-0.2, 0) is 14.6 Å². The van der Waals surface area contributed by atoms with E-state index in [0.717, 1.165) is 6.26 Å². The smallest absolute Gasteiger partial charge is 0.242 e. The van der Waals surface area contributed by atoms with E-state index in [9.17, 15) is 13.2 Å². The number of benzene rings is 1. The molecule has 1 unspecified atom stereocenters. The number of anilines is 1. The van der Waals surface area contributed by atoms with Crippen molar-refractivity contribution in [2.75, 3.05) is 11.6 Å². The highest BCUT2D eigenvalue weighted by Crippen LogP contribution is 2.25. The van der Waals surface area contributed by atoms with Crippen molar-refractivity contribution in [3.63, 3.8) is 0 Å². The molecule has 0 heterocycles. The van der Waals surface area contributed by atoms with Gasteiger partial charge in [0.25, 0.3) is 0 Å². The molecule has 1 N–H and O–H groups in total. The van der Waals surface area contributed by atoms with E-state index >= 15 is 0 Å². The van der Waals surface area contributed by atoms with Gasteiger partial charge in [0.1, 0.15) is 5.38 Å². The van der Waals surface area contributed by atoms with Gasteiger partial charge in [-0.2, -0.15) is 0 Å². The Labute approximate surface area is 110 Å². The molecule has 0 fully saturated rings. The standard InChI is InChI=1S/C10H11Cl2NO3S/c1-6(11)10(14)13-9-5-7(17(2,15)16)3-4-8(9)12/h3-6H,1-2H3,(H,13,14). The fourth-order valence-corrected chi connectivity index (χ4v) is 1.93. The summed E-state index contributed by atoms with van der Waals surface area (Å²) >= 11 is 11.4. The average molecular weight is 296 g/mol. The number of halogens is 2. The topological polar surface area (TPSA) is 63.2 Å². The quantitative estimate of drug-likeness (QED) is 0.871. The molecular weight excluding hydrogens is 285 g/mol. The lowest BCUT2D eigenvalue weighted by Gasteiger charge is -2.09. The Kier molecular flexibility index (Phi) is 4.41. The van der Waals surface area contributed by atoms with Crippen LogP contribution in [0.2, 0.25) is 5.02 Å². The van der Waals surface area contributed by atoms with Gasteiger partial charge in [-0.15, -0.1) is 11.6 Å². The van der Waals surface area contributed by atoms with Crippen LogP contribution >= 0.6 is 23.2 Å². The summed E-state index contributed by atoms with van der Waals surface area (Å²) < 4.78 is 22.7. The van der Waals surface area contributed by atoms with E-state index in [-0.39, 0.29) is 15.6 Å². The van der Waals surface area contributed by atoms with Crippen molar-refractivity contribution in [2.45, 2.75) is 17.2 Å². The van der Waals surface area contributed by atoms with Crippen LogP contribution in [0.3, 0.4) is 0 Å². The number of carbonyl (C=O) groups is 1. The van der Waals surface area contributed by atoms with E-state index in [2.05, 4.69) is 5.32 Å². The third-order valence-corrected chi connectivity index (χ3v) is 3.62. The van der Waals surface area contributed by atoms with E-state index in [4.69, 9.17) is 23.2 Å². The van der Waals surface area contributed by atoms with Crippen LogP contribution in [-0.4, -0.2) is 26.0 Å². The lowest BCUT2D eigenvalue weighted by molar-refractivity contribution is -0.115. The largest absolute Gasteiger partial charge is 0.323 e. The maximum absolute atomic E-state index is 11.4. The molecule has 1 amide bonds. The number of amides is 1. The monoisotopic (exact) mass is 295 g/mol. The summed E-state index contributed by atoms with van der Waals surface area (Å²) in [7, 11) is -3.34. The number of hydrogen-bond acceptors (Lipinski definition) is 3. The Balaban J connectivity index is 3.12. The molecule has 0 aliphatic heterocycles. The summed E-state index contributed by atoms with van der Waals surface area (Å²) in [6.07, 6.45) is 1.08. The number of rotatable bonds is 3. The molecule has 7 heteroatoms. The molecule has 0 bridgehead atoms. The van der Waals surface area contributed by atoms with Crippen molar-refractivity contribution in [3.05, 3.63) is 23.2 Å². The van der Waals surface area contributed by atoms with Crippen molar-refractivity contribution in [1.29, 1.82) is 0 Å². The molecule has 0 saturated heterocycles. The summed E-state index contributed by atoms with van der Waals surface area (Å²) in [4.78, 5) is 11.5. The van der Waals surface area contributed by atoms with Crippen molar-refractivity contribution < 1.29 is 13.2 Å². The lowest BCUT2D eigenvalue weighted by atomic mass is 10.3. The van der Waals surface area contributed by atoms with Gasteiger partial charge in [0, 0.05) is 6.26 Å². The Morgan fingerprint density at radius 3 is 2.47 bits per heavy atom. The molecular formula is C10H11Cl2NO3S. The van der Waals surface area contributed by atoms with Gasteiger partial charge in [-0.25, -0.2) is 8.42 Å². The molecule has 0 spiro atoms. The van der Waals surface area contributed by atoms with Crippen LogP contribution in [0.4, 0.5) is 5.69 Å². The highest BCUT2D eigenvalue weighted by Gasteiger charge is 2.14. The molecule has 0 aliphatic rings. The second kappa shape index (κ2) is 5.25. The molecule has 0 aromatic heterocycles. The minimum absolute atomic E-state index is 0.0828. The third kappa shape index (κ3) is 3.87. The zero-order chi connectivity index (χ0) is 13.2. The zero-order valence-corrected chi connectivity index (χ0v) is 11.5. The second-order valence-corrected chi connectivity index (χ2v) is 6.60. The van der Waals surface area contributed by atoms with Crippen LogP contribution in [0, 0.1) is 0 Å². The van der Waals surface area contributed by atoms with E-state index < -0.39 is 21.1 Å². The van der Waals surface area contributed by atoms with Gasteiger partial charge in [0.05, 0.1) is 15.6 Å². The van der Waals surface area contributed by atoms with Crippen LogP contribution in [0.15, 0.2) is 23.1 Å². The highest BCUT2D eigenvalue weighted by molar-refractivity contribution is 7.90. The summed E-state index contributed by atoms with van der Waals surface area (Å²) in [5.41, 5.74) is 0.229. The first-order valence-corrected chi connectivity index (χ1v) is 7.37. The predicted molar refractivity (Wildman–Crippen MR) is 68.5 cm³/mol. The summed E-state index contributed by atoms with van der Waals surface area (Å²) in [5, 5.41) is 1.98. The van der Waals surface area contributed by atoms with Gasteiger partial charge < -0.3 is 5.32 Å². The summed E-state index contributed by atoms with van der Waals surface area (Å²) in [6, 6.07) is 4.08. The second-order valence-electron chi connectivity index (χ2n) is 3.52. The molecule has 0 saturated carbocycles. The van der Waals surface area contributed by atoms with E-state index in [1.165, 1.54) is 25.1 Å². The normalized spacial score (nSPS) is 13.2. The van der Waals surface area contributed by atoms with Crippen molar-refractivity contribution >= 4 is 44.6 Å². The molecule has 17 heavy (non-hydrogen) atoms. The lowest BCUT2D eigenvalue weighted by Crippen LogP contribution is -2.20. The van der Waals surface area contributed by atoms with Crippen molar-refractivity contribution in [2.24, 2.45) is 0 Å². The summed E-state index contributed by atoms with van der Waals surface area (Å²) in [6.45, 7) is 1.51. The van der Waals surface area contributed by atoms with Gasteiger partial charge in [-0.1, -0.05) is 11.6 Å². The van der Waals surface area contributed by atoms with Gasteiger partial charge in [0.2, 0.25) is 5.91 Å². The first-order chi connectivity index (χ1) is 7.71.